The predicted octanol–water partition coefficient (Wildman–Crippen LogP) is 4.43. The van der Waals surface area contributed by atoms with E-state index in [0.29, 0.717) is 27.2 Å². The van der Waals surface area contributed by atoms with Crippen LogP contribution in [0, 0.1) is 0 Å². The number of hydrogen-bond donors (Lipinski definition) is 1. The Labute approximate surface area is 150 Å². The molecule has 0 saturated heterocycles. The third-order valence-corrected chi connectivity index (χ3v) is 3.74. The standard InChI is InChI=1S/C17H12BrF2NO4/c18-11-2-4-13(25-17(19)20)10(7-11)1-6-16(22)21-12-3-5-14-15(8-12)24-9-23-14/h1-8,17H,9H2,(H,21,22). The average Bonchev–Trinajstić information content (AvgIpc) is 3.02. The van der Waals surface area contributed by atoms with E-state index in [-0.39, 0.29) is 12.5 Å². The van der Waals surface area contributed by atoms with Gasteiger partial charge < -0.3 is 19.5 Å². The predicted molar refractivity (Wildman–Crippen MR) is 91.0 cm³/mol. The molecule has 0 bridgehead atoms. The van der Waals surface area contributed by atoms with Gasteiger partial charge >= 0.3 is 6.61 Å². The first-order valence-electron chi connectivity index (χ1n) is 7.14. The lowest BCUT2D eigenvalue weighted by atomic mass is 10.2. The van der Waals surface area contributed by atoms with E-state index in [0.717, 1.165) is 0 Å². The molecule has 0 radical (unpaired) electrons. The van der Waals surface area contributed by atoms with E-state index in [1.807, 2.05) is 0 Å². The zero-order valence-electron chi connectivity index (χ0n) is 12.7. The van der Waals surface area contributed by atoms with Crippen molar-refractivity contribution in [2.75, 3.05) is 12.1 Å². The summed E-state index contributed by atoms with van der Waals surface area (Å²) in [6.45, 7) is -2.81. The molecule has 0 atom stereocenters. The monoisotopic (exact) mass is 411 g/mol. The molecule has 2 aromatic rings. The van der Waals surface area contributed by atoms with Crippen LogP contribution in [-0.2, 0) is 4.79 Å². The van der Waals surface area contributed by atoms with Crippen molar-refractivity contribution in [3.63, 3.8) is 0 Å². The quantitative estimate of drug-likeness (QED) is 0.739. The summed E-state index contributed by atoms with van der Waals surface area (Å²) in [5.41, 5.74) is 0.868. The van der Waals surface area contributed by atoms with Gasteiger partial charge in [0.1, 0.15) is 5.75 Å². The number of anilines is 1. The molecular weight excluding hydrogens is 400 g/mol. The van der Waals surface area contributed by atoms with E-state index in [1.165, 1.54) is 18.2 Å². The van der Waals surface area contributed by atoms with Gasteiger partial charge in [-0.3, -0.25) is 4.79 Å². The Kier molecular flexibility index (Phi) is 5.18. The van der Waals surface area contributed by atoms with Crippen LogP contribution in [0.25, 0.3) is 6.08 Å². The molecule has 1 aliphatic rings. The minimum Gasteiger partial charge on any atom is -0.454 e. The van der Waals surface area contributed by atoms with Gasteiger partial charge in [-0.25, -0.2) is 0 Å². The minimum absolute atomic E-state index is 0.0228. The van der Waals surface area contributed by atoms with E-state index in [9.17, 15) is 13.6 Å². The number of benzene rings is 2. The maximum Gasteiger partial charge on any atom is 0.387 e. The molecule has 1 N–H and O–H groups in total. The molecule has 5 nitrogen and oxygen atoms in total. The lowest BCUT2D eigenvalue weighted by Crippen LogP contribution is -2.08. The highest BCUT2D eigenvalue weighted by Crippen LogP contribution is 2.34. The SMILES string of the molecule is O=C(C=Cc1cc(Br)ccc1OC(F)F)Nc1ccc2c(c1)OCO2. The van der Waals surface area contributed by atoms with Crippen LogP contribution >= 0.6 is 15.9 Å². The molecule has 25 heavy (non-hydrogen) atoms. The van der Waals surface area contributed by atoms with Crippen LogP contribution in [0.1, 0.15) is 5.56 Å². The van der Waals surface area contributed by atoms with E-state index in [1.54, 1.807) is 30.3 Å². The average molecular weight is 412 g/mol. The minimum atomic E-state index is -2.95. The molecule has 0 spiro atoms. The Morgan fingerprint density at radius 1 is 1.20 bits per heavy atom. The van der Waals surface area contributed by atoms with Gasteiger partial charge in [-0.2, -0.15) is 8.78 Å². The fourth-order valence-corrected chi connectivity index (χ4v) is 2.56. The van der Waals surface area contributed by atoms with E-state index >= 15 is 0 Å². The van der Waals surface area contributed by atoms with Crippen LogP contribution in [0.2, 0.25) is 0 Å². The molecule has 0 saturated carbocycles. The summed E-state index contributed by atoms with van der Waals surface area (Å²) in [7, 11) is 0. The van der Waals surface area contributed by atoms with Crippen molar-refractivity contribution < 1.29 is 27.8 Å². The summed E-state index contributed by atoms with van der Waals surface area (Å²) in [6.07, 6.45) is 2.62. The lowest BCUT2D eigenvalue weighted by Gasteiger charge is -2.08. The fraction of sp³-hybridized carbons (Fsp3) is 0.118. The highest BCUT2D eigenvalue weighted by atomic mass is 79.9. The van der Waals surface area contributed by atoms with Gasteiger partial charge in [-0.05, 0) is 36.4 Å². The number of fused-ring (bicyclic) bond motifs is 1. The second kappa shape index (κ2) is 7.52. The van der Waals surface area contributed by atoms with Gasteiger partial charge in [-0.1, -0.05) is 15.9 Å². The first-order chi connectivity index (χ1) is 12.0. The number of alkyl halides is 2. The number of carbonyl (C=O) groups is 1. The summed E-state index contributed by atoms with van der Waals surface area (Å²) < 4.78 is 40.4. The number of nitrogens with one attached hydrogen (secondary N) is 1. The van der Waals surface area contributed by atoms with Crippen molar-refractivity contribution >= 4 is 33.6 Å². The van der Waals surface area contributed by atoms with Crippen molar-refractivity contribution in [3.8, 4) is 17.2 Å². The van der Waals surface area contributed by atoms with Crippen molar-refractivity contribution in [1.82, 2.24) is 0 Å². The Hall–Kier alpha value is -2.61. The van der Waals surface area contributed by atoms with Gasteiger partial charge in [0.15, 0.2) is 11.5 Å². The largest absolute Gasteiger partial charge is 0.454 e. The van der Waals surface area contributed by atoms with Gasteiger partial charge in [0, 0.05) is 27.9 Å². The van der Waals surface area contributed by atoms with Crippen LogP contribution in [0.5, 0.6) is 17.2 Å². The van der Waals surface area contributed by atoms with E-state index < -0.39 is 12.5 Å². The topological polar surface area (TPSA) is 56.8 Å². The zero-order valence-corrected chi connectivity index (χ0v) is 14.3. The van der Waals surface area contributed by atoms with Crippen LogP contribution in [0.4, 0.5) is 14.5 Å². The second-order valence-electron chi connectivity index (χ2n) is 4.95. The smallest absolute Gasteiger partial charge is 0.387 e. The maximum atomic E-state index is 12.4. The molecule has 8 heteroatoms. The Balaban J connectivity index is 1.71. The zero-order chi connectivity index (χ0) is 17.8. The van der Waals surface area contributed by atoms with Crippen molar-refractivity contribution in [2.24, 2.45) is 0 Å². The highest BCUT2D eigenvalue weighted by molar-refractivity contribution is 9.10. The second-order valence-corrected chi connectivity index (χ2v) is 5.87. The number of rotatable bonds is 5. The third-order valence-electron chi connectivity index (χ3n) is 3.24. The van der Waals surface area contributed by atoms with Crippen LogP contribution in [0.3, 0.4) is 0 Å². The van der Waals surface area contributed by atoms with Gasteiger partial charge in [-0.15, -0.1) is 0 Å². The first-order valence-corrected chi connectivity index (χ1v) is 7.93. The number of ether oxygens (including phenoxy) is 3. The summed E-state index contributed by atoms with van der Waals surface area (Å²) in [5.74, 6) is 0.699. The summed E-state index contributed by atoms with van der Waals surface area (Å²) in [6, 6.07) is 9.53. The molecule has 130 valence electrons. The molecule has 1 amide bonds. The number of amides is 1. The summed E-state index contributed by atoms with van der Waals surface area (Å²) >= 11 is 3.25. The maximum absolute atomic E-state index is 12.4. The Morgan fingerprint density at radius 3 is 2.80 bits per heavy atom. The van der Waals surface area contributed by atoms with Crippen LogP contribution in [0.15, 0.2) is 46.9 Å². The Bertz CT molecular complexity index is 826. The Morgan fingerprint density at radius 2 is 2.00 bits per heavy atom. The van der Waals surface area contributed by atoms with E-state index in [4.69, 9.17) is 9.47 Å². The van der Waals surface area contributed by atoms with Crippen molar-refractivity contribution in [2.45, 2.75) is 6.61 Å². The summed E-state index contributed by atoms with van der Waals surface area (Å²) in [4.78, 5) is 12.0. The number of carbonyl (C=O) groups excluding carboxylic acids is 1. The van der Waals surface area contributed by atoms with Gasteiger partial charge in [0.05, 0.1) is 0 Å². The molecule has 0 aromatic heterocycles. The molecule has 0 fully saturated rings. The number of halogens is 3. The van der Waals surface area contributed by atoms with Gasteiger partial charge in [0.25, 0.3) is 0 Å². The lowest BCUT2D eigenvalue weighted by molar-refractivity contribution is -0.111. The normalized spacial score (nSPS) is 12.6. The van der Waals surface area contributed by atoms with E-state index in [2.05, 4.69) is 26.0 Å². The van der Waals surface area contributed by atoms with Gasteiger partial charge in [0.2, 0.25) is 12.7 Å². The molecule has 1 heterocycles. The molecule has 0 aliphatic carbocycles. The summed E-state index contributed by atoms with van der Waals surface area (Å²) in [5, 5.41) is 2.65. The fourth-order valence-electron chi connectivity index (χ4n) is 2.18. The van der Waals surface area contributed by atoms with Crippen molar-refractivity contribution in [3.05, 3.63) is 52.5 Å². The molecule has 0 unspecified atom stereocenters. The molecule has 2 aromatic carbocycles. The highest BCUT2D eigenvalue weighted by Gasteiger charge is 2.14. The molecule has 3 rings (SSSR count). The van der Waals surface area contributed by atoms with Crippen LogP contribution in [-0.4, -0.2) is 19.3 Å². The van der Waals surface area contributed by atoms with Crippen LogP contribution < -0.4 is 19.5 Å². The number of hydrogen-bond acceptors (Lipinski definition) is 4. The molecule has 1 aliphatic heterocycles. The third kappa shape index (κ3) is 4.48. The van der Waals surface area contributed by atoms with Crippen molar-refractivity contribution in [1.29, 1.82) is 0 Å². The first kappa shape index (κ1) is 17.2. The molecular formula is C17H12BrF2NO4.